The van der Waals surface area contributed by atoms with Gasteiger partial charge in [-0.1, -0.05) is 16.8 Å². The predicted molar refractivity (Wildman–Crippen MR) is 60.1 cm³/mol. The Hall–Kier alpha value is -0.910. The SMILES string of the molecule is CNC(C)c1noc(-c2ccc(Cl)s2)n1. The van der Waals surface area contributed by atoms with E-state index in [2.05, 4.69) is 15.5 Å². The maximum absolute atomic E-state index is 5.82. The van der Waals surface area contributed by atoms with Crippen LogP contribution in [-0.4, -0.2) is 17.2 Å². The standard InChI is InChI=1S/C9H10ClN3OS/c1-5(11-2)8-12-9(14-13-8)6-3-4-7(10)15-6/h3-5,11H,1-2H3. The molecule has 4 nitrogen and oxygen atoms in total. The number of hydrogen-bond acceptors (Lipinski definition) is 5. The van der Waals surface area contributed by atoms with Gasteiger partial charge in [0, 0.05) is 0 Å². The molecule has 2 aromatic heterocycles. The Morgan fingerprint density at radius 1 is 1.53 bits per heavy atom. The maximum Gasteiger partial charge on any atom is 0.268 e. The molecule has 6 heteroatoms. The third kappa shape index (κ3) is 2.19. The van der Waals surface area contributed by atoms with Crippen LogP contribution in [-0.2, 0) is 0 Å². The zero-order valence-corrected chi connectivity index (χ0v) is 9.89. The Kier molecular flexibility index (Phi) is 3.04. The topological polar surface area (TPSA) is 51.0 Å². The first-order valence-corrected chi connectivity index (χ1v) is 5.66. The molecule has 0 saturated heterocycles. The van der Waals surface area contributed by atoms with E-state index in [1.165, 1.54) is 11.3 Å². The van der Waals surface area contributed by atoms with Crippen molar-refractivity contribution in [2.75, 3.05) is 7.05 Å². The van der Waals surface area contributed by atoms with E-state index in [9.17, 15) is 0 Å². The lowest BCUT2D eigenvalue weighted by atomic mass is 10.3. The van der Waals surface area contributed by atoms with Crippen LogP contribution in [0.2, 0.25) is 4.34 Å². The van der Waals surface area contributed by atoms with Crippen molar-refractivity contribution in [3.63, 3.8) is 0 Å². The molecule has 1 N–H and O–H groups in total. The molecule has 2 aromatic rings. The summed E-state index contributed by atoms with van der Waals surface area (Å²) < 4.78 is 5.85. The average molecular weight is 244 g/mol. The van der Waals surface area contributed by atoms with Crippen molar-refractivity contribution in [3.05, 3.63) is 22.3 Å². The van der Waals surface area contributed by atoms with Crippen LogP contribution in [0.25, 0.3) is 10.8 Å². The van der Waals surface area contributed by atoms with Gasteiger partial charge in [-0.2, -0.15) is 4.98 Å². The molecule has 1 atom stereocenters. The van der Waals surface area contributed by atoms with Crippen LogP contribution in [0.5, 0.6) is 0 Å². The quantitative estimate of drug-likeness (QED) is 0.901. The number of hydrogen-bond donors (Lipinski definition) is 1. The summed E-state index contributed by atoms with van der Waals surface area (Å²) in [7, 11) is 1.85. The third-order valence-corrected chi connectivity index (χ3v) is 3.27. The van der Waals surface area contributed by atoms with Crippen molar-refractivity contribution < 1.29 is 4.52 Å². The lowest BCUT2D eigenvalue weighted by Gasteiger charge is -2.01. The number of nitrogens with one attached hydrogen (secondary N) is 1. The molecular weight excluding hydrogens is 234 g/mol. The summed E-state index contributed by atoms with van der Waals surface area (Å²) in [6.07, 6.45) is 0. The van der Waals surface area contributed by atoms with Crippen molar-refractivity contribution in [1.29, 1.82) is 0 Å². The van der Waals surface area contributed by atoms with Gasteiger partial charge in [0.25, 0.3) is 5.89 Å². The van der Waals surface area contributed by atoms with E-state index < -0.39 is 0 Å². The van der Waals surface area contributed by atoms with E-state index in [1.807, 2.05) is 26.1 Å². The fourth-order valence-electron chi connectivity index (χ4n) is 1.07. The molecule has 1 unspecified atom stereocenters. The normalized spacial score (nSPS) is 13.0. The Labute approximate surface area is 96.3 Å². The second-order valence-electron chi connectivity index (χ2n) is 3.07. The minimum Gasteiger partial charge on any atom is -0.333 e. The highest BCUT2D eigenvalue weighted by atomic mass is 35.5. The summed E-state index contributed by atoms with van der Waals surface area (Å²) in [6, 6.07) is 3.76. The molecule has 0 aliphatic rings. The molecule has 2 rings (SSSR count). The lowest BCUT2D eigenvalue weighted by molar-refractivity contribution is 0.414. The van der Waals surface area contributed by atoms with Gasteiger partial charge in [-0.3, -0.25) is 0 Å². The number of aromatic nitrogens is 2. The Bertz CT molecular complexity index is 454. The van der Waals surface area contributed by atoms with Gasteiger partial charge < -0.3 is 9.84 Å². The number of nitrogens with zero attached hydrogens (tertiary/aromatic N) is 2. The first-order valence-electron chi connectivity index (χ1n) is 4.47. The molecule has 0 bridgehead atoms. The van der Waals surface area contributed by atoms with Crippen LogP contribution in [0.4, 0.5) is 0 Å². The van der Waals surface area contributed by atoms with E-state index in [1.54, 1.807) is 0 Å². The second-order valence-corrected chi connectivity index (χ2v) is 4.79. The summed E-state index contributed by atoms with van der Waals surface area (Å²) in [5.74, 6) is 1.17. The summed E-state index contributed by atoms with van der Waals surface area (Å²) in [4.78, 5) is 5.17. The molecule has 0 saturated carbocycles. The number of thiophene rings is 1. The smallest absolute Gasteiger partial charge is 0.268 e. The van der Waals surface area contributed by atoms with E-state index in [0.29, 0.717) is 16.1 Å². The zero-order valence-electron chi connectivity index (χ0n) is 8.32. The fraction of sp³-hybridized carbons (Fsp3) is 0.333. The van der Waals surface area contributed by atoms with Gasteiger partial charge in [-0.15, -0.1) is 11.3 Å². The van der Waals surface area contributed by atoms with Crippen molar-refractivity contribution in [1.82, 2.24) is 15.5 Å². The highest BCUT2D eigenvalue weighted by molar-refractivity contribution is 7.19. The Morgan fingerprint density at radius 2 is 2.33 bits per heavy atom. The van der Waals surface area contributed by atoms with E-state index >= 15 is 0 Å². The van der Waals surface area contributed by atoms with Gasteiger partial charge in [0.1, 0.15) is 0 Å². The minimum atomic E-state index is 0.0814. The largest absolute Gasteiger partial charge is 0.333 e. The van der Waals surface area contributed by atoms with Crippen molar-refractivity contribution >= 4 is 22.9 Å². The summed E-state index contributed by atoms with van der Waals surface area (Å²) in [6.45, 7) is 1.97. The van der Waals surface area contributed by atoms with Gasteiger partial charge in [0.05, 0.1) is 15.3 Å². The molecule has 15 heavy (non-hydrogen) atoms. The van der Waals surface area contributed by atoms with Gasteiger partial charge in [-0.25, -0.2) is 0 Å². The van der Waals surface area contributed by atoms with Gasteiger partial charge >= 0.3 is 0 Å². The molecule has 0 aliphatic carbocycles. The molecule has 0 aliphatic heterocycles. The Balaban J connectivity index is 2.27. The summed E-state index contributed by atoms with van der Waals surface area (Å²) in [5.41, 5.74) is 0. The number of halogens is 1. The molecule has 0 radical (unpaired) electrons. The van der Waals surface area contributed by atoms with Crippen LogP contribution >= 0.6 is 22.9 Å². The molecular formula is C9H10ClN3OS. The van der Waals surface area contributed by atoms with Crippen molar-refractivity contribution in [2.24, 2.45) is 0 Å². The molecule has 0 fully saturated rings. The number of rotatable bonds is 3. The average Bonchev–Trinajstić information content (AvgIpc) is 2.84. The molecule has 80 valence electrons. The van der Waals surface area contributed by atoms with Gasteiger partial charge in [0.15, 0.2) is 5.82 Å². The second kappa shape index (κ2) is 4.30. The summed E-state index contributed by atoms with van der Waals surface area (Å²) in [5, 5.41) is 6.93. The van der Waals surface area contributed by atoms with E-state index in [0.717, 1.165) is 4.88 Å². The zero-order chi connectivity index (χ0) is 10.8. The van der Waals surface area contributed by atoms with Crippen molar-refractivity contribution in [3.8, 4) is 10.8 Å². The Morgan fingerprint density at radius 3 is 2.93 bits per heavy atom. The molecule has 0 aromatic carbocycles. The fourth-order valence-corrected chi connectivity index (χ4v) is 2.03. The maximum atomic E-state index is 5.82. The highest BCUT2D eigenvalue weighted by Gasteiger charge is 2.14. The first-order chi connectivity index (χ1) is 7.20. The van der Waals surface area contributed by atoms with Crippen molar-refractivity contribution in [2.45, 2.75) is 13.0 Å². The van der Waals surface area contributed by atoms with Crippen LogP contribution in [0, 0.1) is 0 Å². The lowest BCUT2D eigenvalue weighted by Crippen LogP contribution is -2.13. The summed E-state index contributed by atoms with van der Waals surface area (Å²) >= 11 is 7.25. The third-order valence-electron chi connectivity index (χ3n) is 2.05. The monoisotopic (exact) mass is 243 g/mol. The minimum absolute atomic E-state index is 0.0814. The van der Waals surface area contributed by atoms with Gasteiger partial charge in [0.2, 0.25) is 0 Å². The van der Waals surface area contributed by atoms with E-state index in [-0.39, 0.29) is 6.04 Å². The van der Waals surface area contributed by atoms with Crippen LogP contribution < -0.4 is 5.32 Å². The van der Waals surface area contributed by atoms with Crippen LogP contribution in [0.1, 0.15) is 18.8 Å². The van der Waals surface area contributed by atoms with Crippen LogP contribution in [0.15, 0.2) is 16.7 Å². The van der Waals surface area contributed by atoms with Gasteiger partial charge in [-0.05, 0) is 26.1 Å². The molecule has 0 spiro atoms. The van der Waals surface area contributed by atoms with Crippen LogP contribution in [0.3, 0.4) is 0 Å². The highest BCUT2D eigenvalue weighted by Crippen LogP contribution is 2.30. The first kappa shape index (κ1) is 10.6. The predicted octanol–water partition coefficient (Wildman–Crippen LogP) is 2.73. The van der Waals surface area contributed by atoms with E-state index in [4.69, 9.17) is 16.1 Å². The molecule has 0 amide bonds. The molecule has 2 heterocycles.